The van der Waals surface area contributed by atoms with Crippen molar-refractivity contribution < 1.29 is 0 Å². The van der Waals surface area contributed by atoms with E-state index < -0.39 is 5.41 Å². The van der Waals surface area contributed by atoms with Crippen LogP contribution in [0.3, 0.4) is 0 Å². The molecule has 8 rings (SSSR count). The molecule has 0 N–H and O–H groups in total. The first-order valence-corrected chi connectivity index (χ1v) is 14.5. The summed E-state index contributed by atoms with van der Waals surface area (Å²) in [5.41, 5.74) is 8.25. The van der Waals surface area contributed by atoms with Gasteiger partial charge in [0.15, 0.2) is 0 Å². The van der Waals surface area contributed by atoms with Crippen LogP contribution in [0.15, 0.2) is 170 Å². The summed E-state index contributed by atoms with van der Waals surface area (Å²) < 4.78 is 4.28. The molecular formula is C39H28N4. The Morgan fingerprint density at radius 3 is 1.88 bits per heavy atom. The minimum Gasteiger partial charge on any atom is -0.309 e. The SMILES string of the molecule is c1ccc(C(c2ccccc2)(c2ccc3c4ccccc4n(-c4cccc(-n5cccn5)c4)c3c2)c2ccccn2)cc1. The molecule has 0 atom stereocenters. The third-order valence-electron chi connectivity index (χ3n) is 8.43. The van der Waals surface area contributed by atoms with E-state index >= 15 is 0 Å². The average Bonchev–Trinajstić information content (AvgIpc) is 3.74. The smallest absolute Gasteiger partial charge is 0.0874 e. The third-order valence-corrected chi connectivity index (χ3v) is 8.43. The fourth-order valence-corrected chi connectivity index (χ4v) is 6.58. The summed E-state index contributed by atoms with van der Waals surface area (Å²) in [5, 5.41) is 6.91. The number of nitrogens with zero attached hydrogens (tertiary/aromatic N) is 4. The lowest BCUT2D eigenvalue weighted by Gasteiger charge is -2.35. The minimum absolute atomic E-state index is 0.629. The molecule has 0 aliphatic rings. The number of pyridine rings is 1. The Kier molecular flexibility index (Phi) is 5.97. The molecule has 4 nitrogen and oxygen atoms in total. The molecule has 0 aliphatic heterocycles. The third kappa shape index (κ3) is 3.99. The summed E-state index contributed by atoms with van der Waals surface area (Å²) in [4.78, 5) is 5.01. The lowest BCUT2D eigenvalue weighted by molar-refractivity contribution is 0.715. The van der Waals surface area contributed by atoms with Crippen LogP contribution in [0.5, 0.6) is 0 Å². The zero-order valence-corrected chi connectivity index (χ0v) is 23.5. The van der Waals surface area contributed by atoms with Gasteiger partial charge in [0.1, 0.15) is 0 Å². The Labute approximate surface area is 250 Å². The van der Waals surface area contributed by atoms with Crippen molar-refractivity contribution in [1.82, 2.24) is 19.3 Å². The van der Waals surface area contributed by atoms with E-state index in [9.17, 15) is 0 Å². The van der Waals surface area contributed by atoms with Crippen LogP contribution in [0, 0.1) is 0 Å². The molecule has 3 aromatic heterocycles. The van der Waals surface area contributed by atoms with Gasteiger partial charge in [0.2, 0.25) is 0 Å². The van der Waals surface area contributed by atoms with E-state index in [0.717, 1.165) is 33.7 Å². The Bertz CT molecular complexity index is 2070. The molecule has 0 spiro atoms. The fraction of sp³-hybridized carbons (Fsp3) is 0.0256. The molecular weight excluding hydrogens is 524 g/mol. The quantitative estimate of drug-likeness (QED) is 0.193. The second-order valence-corrected chi connectivity index (χ2v) is 10.8. The first-order chi connectivity index (χ1) is 21.3. The van der Waals surface area contributed by atoms with Crippen molar-refractivity contribution in [3.05, 3.63) is 193 Å². The molecule has 0 aliphatic carbocycles. The summed E-state index contributed by atoms with van der Waals surface area (Å²) in [7, 11) is 0. The van der Waals surface area contributed by atoms with Gasteiger partial charge in [-0.1, -0.05) is 103 Å². The van der Waals surface area contributed by atoms with Crippen LogP contribution in [0.4, 0.5) is 0 Å². The van der Waals surface area contributed by atoms with E-state index in [2.05, 4.69) is 149 Å². The Morgan fingerprint density at radius 1 is 0.465 bits per heavy atom. The van der Waals surface area contributed by atoms with Crippen molar-refractivity contribution in [3.8, 4) is 11.4 Å². The van der Waals surface area contributed by atoms with Crippen molar-refractivity contribution in [2.45, 2.75) is 5.41 Å². The first kappa shape index (κ1) is 25.0. The molecule has 5 aromatic carbocycles. The van der Waals surface area contributed by atoms with E-state index in [0.29, 0.717) is 0 Å². The lowest BCUT2D eigenvalue weighted by Crippen LogP contribution is -2.32. The van der Waals surface area contributed by atoms with Crippen LogP contribution in [0.25, 0.3) is 33.2 Å². The maximum absolute atomic E-state index is 5.01. The van der Waals surface area contributed by atoms with Crippen LogP contribution in [0.2, 0.25) is 0 Å². The minimum atomic E-state index is -0.629. The van der Waals surface area contributed by atoms with E-state index in [1.807, 2.05) is 35.4 Å². The summed E-state index contributed by atoms with van der Waals surface area (Å²) in [6.07, 6.45) is 5.68. The van der Waals surface area contributed by atoms with Crippen molar-refractivity contribution in [2.75, 3.05) is 0 Å². The first-order valence-electron chi connectivity index (χ1n) is 14.5. The molecule has 0 unspecified atom stereocenters. The molecule has 4 heteroatoms. The second-order valence-electron chi connectivity index (χ2n) is 10.8. The molecule has 0 saturated carbocycles. The summed E-state index contributed by atoms with van der Waals surface area (Å²) >= 11 is 0. The predicted octanol–water partition coefficient (Wildman–Crippen LogP) is 8.75. The zero-order chi connectivity index (χ0) is 28.6. The lowest BCUT2D eigenvalue weighted by atomic mass is 9.67. The van der Waals surface area contributed by atoms with Gasteiger partial charge < -0.3 is 4.57 Å². The molecule has 8 aromatic rings. The van der Waals surface area contributed by atoms with Gasteiger partial charge in [-0.25, -0.2) is 4.68 Å². The molecule has 0 fully saturated rings. The van der Waals surface area contributed by atoms with Gasteiger partial charge in [-0.2, -0.15) is 5.10 Å². The van der Waals surface area contributed by atoms with Crippen molar-refractivity contribution >= 4 is 21.8 Å². The number of fused-ring (bicyclic) bond motifs is 3. The highest BCUT2D eigenvalue weighted by molar-refractivity contribution is 6.09. The molecule has 3 heterocycles. The number of para-hydroxylation sites is 1. The van der Waals surface area contributed by atoms with Crippen LogP contribution in [-0.4, -0.2) is 19.3 Å². The number of hydrogen-bond donors (Lipinski definition) is 0. The predicted molar refractivity (Wildman–Crippen MR) is 174 cm³/mol. The van der Waals surface area contributed by atoms with E-state index in [1.165, 1.54) is 21.9 Å². The van der Waals surface area contributed by atoms with Crippen molar-refractivity contribution in [3.63, 3.8) is 0 Å². The molecule has 0 saturated heterocycles. The second kappa shape index (κ2) is 10.3. The topological polar surface area (TPSA) is 35.6 Å². The van der Waals surface area contributed by atoms with Crippen molar-refractivity contribution in [2.24, 2.45) is 0 Å². The molecule has 43 heavy (non-hydrogen) atoms. The molecule has 204 valence electrons. The Morgan fingerprint density at radius 2 is 1.16 bits per heavy atom. The maximum atomic E-state index is 5.01. The van der Waals surface area contributed by atoms with Gasteiger partial charge >= 0.3 is 0 Å². The highest BCUT2D eigenvalue weighted by Crippen LogP contribution is 2.46. The van der Waals surface area contributed by atoms with Gasteiger partial charge in [0.05, 0.1) is 27.8 Å². The highest BCUT2D eigenvalue weighted by atomic mass is 15.3. The van der Waals surface area contributed by atoms with Gasteiger partial charge in [0, 0.05) is 35.1 Å². The Balaban J connectivity index is 1.47. The maximum Gasteiger partial charge on any atom is 0.0874 e. The Hall–Kier alpha value is -5.74. The van der Waals surface area contributed by atoms with Crippen LogP contribution in [0.1, 0.15) is 22.4 Å². The summed E-state index contributed by atoms with van der Waals surface area (Å²) in [6.45, 7) is 0. The molecule has 0 bridgehead atoms. The number of hydrogen-bond acceptors (Lipinski definition) is 2. The molecule has 0 radical (unpaired) electrons. The van der Waals surface area contributed by atoms with Gasteiger partial charge in [-0.05, 0) is 65.2 Å². The normalized spacial score (nSPS) is 11.7. The van der Waals surface area contributed by atoms with Crippen LogP contribution in [-0.2, 0) is 5.41 Å². The summed E-state index contributed by atoms with van der Waals surface area (Å²) in [5.74, 6) is 0. The fourth-order valence-electron chi connectivity index (χ4n) is 6.58. The largest absolute Gasteiger partial charge is 0.309 e. The number of aromatic nitrogens is 4. The van der Waals surface area contributed by atoms with E-state index in [-0.39, 0.29) is 0 Å². The van der Waals surface area contributed by atoms with Crippen LogP contribution < -0.4 is 0 Å². The van der Waals surface area contributed by atoms with Gasteiger partial charge in [-0.3, -0.25) is 4.98 Å². The standard InChI is InChI=1S/C39H28N4/c1-3-13-29(14-4-1)39(30-15-5-2-6-16-30,38-21-9-10-24-40-38)31-22-23-35-34-19-7-8-20-36(34)43(37(35)27-31)33-18-11-17-32(28-33)42-26-12-25-41-42/h1-28H. The van der Waals surface area contributed by atoms with E-state index in [4.69, 9.17) is 4.98 Å². The van der Waals surface area contributed by atoms with Gasteiger partial charge in [0.25, 0.3) is 0 Å². The van der Waals surface area contributed by atoms with Gasteiger partial charge in [-0.15, -0.1) is 0 Å². The average molecular weight is 553 g/mol. The number of benzene rings is 5. The molecule has 0 amide bonds. The number of rotatable bonds is 6. The summed E-state index contributed by atoms with van der Waals surface area (Å²) in [6, 6.07) is 53.8. The highest BCUT2D eigenvalue weighted by Gasteiger charge is 2.40. The zero-order valence-electron chi connectivity index (χ0n) is 23.5. The van der Waals surface area contributed by atoms with E-state index in [1.54, 1.807) is 0 Å². The van der Waals surface area contributed by atoms with Crippen LogP contribution >= 0.6 is 0 Å². The van der Waals surface area contributed by atoms with Crippen molar-refractivity contribution in [1.29, 1.82) is 0 Å². The monoisotopic (exact) mass is 552 g/mol.